The summed E-state index contributed by atoms with van der Waals surface area (Å²) in [6.45, 7) is 2.30. The van der Waals surface area contributed by atoms with Gasteiger partial charge in [-0.15, -0.1) is 0 Å². The number of hydrogen-bond donors (Lipinski definition) is 1. The second-order valence-corrected chi connectivity index (χ2v) is 5.65. The highest BCUT2D eigenvalue weighted by Crippen LogP contribution is 2.37. The summed E-state index contributed by atoms with van der Waals surface area (Å²) < 4.78 is 0. The van der Waals surface area contributed by atoms with Gasteiger partial charge in [0.25, 0.3) is 0 Å². The summed E-state index contributed by atoms with van der Waals surface area (Å²) in [5.74, 6) is 0. The number of hydrogen-bond acceptors (Lipinski definition) is 2. The van der Waals surface area contributed by atoms with Crippen molar-refractivity contribution in [2.45, 2.75) is 31.3 Å². The van der Waals surface area contributed by atoms with Crippen LogP contribution in [0.2, 0.25) is 5.02 Å². The highest BCUT2D eigenvalue weighted by atomic mass is 35.5. The maximum absolute atomic E-state index is 6.05. The summed E-state index contributed by atoms with van der Waals surface area (Å²) in [7, 11) is 2.27. The zero-order chi connectivity index (χ0) is 11.8. The molecule has 1 heterocycles. The normalized spacial score (nSPS) is 27.7. The monoisotopic (exact) mass is 250 g/mol. The molecule has 17 heavy (non-hydrogen) atoms. The molecule has 92 valence electrons. The van der Waals surface area contributed by atoms with Gasteiger partial charge in [-0.1, -0.05) is 17.7 Å². The average molecular weight is 251 g/mol. The number of nitrogens with one attached hydrogen (secondary N) is 1. The van der Waals surface area contributed by atoms with Crippen LogP contribution in [-0.2, 0) is 6.42 Å². The summed E-state index contributed by atoms with van der Waals surface area (Å²) in [6, 6.07) is 7.67. The summed E-state index contributed by atoms with van der Waals surface area (Å²) in [5.41, 5.74) is 2.93. The van der Waals surface area contributed by atoms with E-state index in [1.165, 1.54) is 30.4 Å². The molecule has 0 spiro atoms. The third-order valence-electron chi connectivity index (χ3n) is 4.25. The van der Waals surface area contributed by atoms with Crippen LogP contribution in [0.4, 0.5) is 0 Å². The molecule has 0 amide bonds. The van der Waals surface area contributed by atoms with Crippen molar-refractivity contribution < 1.29 is 0 Å². The van der Waals surface area contributed by atoms with Crippen molar-refractivity contribution in [3.05, 3.63) is 34.3 Å². The number of rotatable bonds is 2. The molecule has 1 N–H and O–H groups in total. The summed E-state index contributed by atoms with van der Waals surface area (Å²) in [4.78, 5) is 2.56. The van der Waals surface area contributed by atoms with Crippen LogP contribution in [0.15, 0.2) is 18.2 Å². The first kappa shape index (κ1) is 11.5. The third kappa shape index (κ3) is 2.10. The number of fused-ring (bicyclic) bond motifs is 1. The number of benzene rings is 1. The van der Waals surface area contributed by atoms with Gasteiger partial charge in [0.1, 0.15) is 0 Å². The van der Waals surface area contributed by atoms with Crippen molar-refractivity contribution in [3.63, 3.8) is 0 Å². The van der Waals surface area contributed by atoms with Crippen molar-refractivity contribution in [1.29, 1.82) is 0 Å². The van der Waals surface area contributed by atoms with E-state index in [4.69, 9.17) is 11.6 Å². The zero-order valence-electron chi connectivity index (χ0n) is 10.2. The minimum atomic E-state index is 0.590. The Bertz CT molecular complexity index is 413. The first-order valence-corrected chi connectivity index (χ1v) is 6.84. The fourth-order valence-corrected chi connectivity index (χ4v) is 3.42. The predicted octanol–water partition coefficient (Wildman–Crippen LogP) is 2.62. The fraction of sp³-hybridized carbons (Fsp3) is 0.571. The van der Waals surface area contributed by atoms with Gasteiger partial charge >= 0.3 is 0 Å². The van der Waals surface area contributed by atoms with E-state index in [1.807, 2.05) is 6.07 Å². The lowest BCUT2D eigenvalue weighted by Gasteiger charge is -2.30. The Morgan fingerprint density at radius 1 is 1.35 bits per heavy atom. The molecule has 3 rings (SSSR count). The number of aryl methyl sites for hydroxylation is 1. The standard InChI is InChI=1S/C14H19ClN2/c1-17(12-6-7-16-9-12)14-5-2-10-8-11(15)3-4-13(10)14/h3-4,8,12,14,16H,2,5-7,9H2,1H3. The molecule has 0 aromatic heterocycles. The van der Waals surface area contributed by atoms with Crippen LogP contribution in [0.3, 0.4) is 0 Å². The lowest BCUT2D eigenvalue weighted by molar-refractivity contribution is 0.184. The molecule has 1 aliphatic carbocycles. The summed E-state index contributed by atoms with van der Waals surface area (Å²) in [6.07, 6.45) is 3.68. The minimum absolute atomic E-state index is 0.590. The molecule has 2 unspecified atom stereocenters. The van der Waals surface area contributed by atoms with Crippen LogP contribution in [-0.4, -0.2) is 31.1 Å². The quantitative estimate of drug-likeness (QED) is 0.868. The molecule has 2 nitrogen and oxygen atoms in total. The van der Waals surface area contributed by atoms with Crippen molar-refractivity contribution in [1.82, 2.24) is 10.2 Å². The Labute approximate surface area is 108 Å². The Morgan fingerprint density at radius 3 is 3.00 bits per heavy atom. The Hall–Kier alpha value is -0.570. The van der Waals surface area contributed by atoms with Gasteiger partial charge in [-0.2, -0.15) is 0 Å². The first-order chi connectivity index (χ1) is 8.25. The number of likely N-dealkylation sites (N-methyl/N-ethyl adjacent to an activating group) is 1. The molecule has 2 atom stereocenters. The van der Waals surface area contributed by atoms with Gasteiger partial charge in [0.05, 0.1) is 0 Å². The van der Waals surface area contributed by atoms with E-state index in [-0.39, 0.29) is 0 Å². The van der Waals surface area contributed by atoms with E-state index >= 15 is 0 Å². The largest absolute Gasteiger partial charge is 0.315 e. The summed E-state index contributed by atoms with van der Waals surface area (Å²) in [5, 5.41) is 4.32. The topological polar surface area (TPSA) is 15.3 Å². The van der Waals surface area contributed by atoms with E-state index in [2.05, 4.69) is 29.4 Å². The van der Waals surface area contributed by atoms with Gasteiger partial charge in [0.15, 0.2) is 0 Å². The van der Waals surface area contributed by atoms with E-state index in [1.54, 1.807) is 0 Å². The summed E-state index contributed by atoms with van der Waals surface area (Å²) >= 11 is 6.05. The van der Waals surface area contributed by atoms with Gasteiger partial charge in [-0.05, 0) is 56.1 Å². The van der Waals surface area contributed by atoms with Crippen LogP contribution in [0.5, 0.6) is 0 Å². The van der Waals surface area contributed by atoms with Gasteiger partial charge in [0.2, 0.25) is 0 Å². The maximum atomic E-state index is 6.05. The van der Waals surface area contributed by atoms with Crippen molar-refractivity contribution in [2.24, 2.45) is 0 Å². The van der Waals surface area contributed by atoms with Crippen LogP contribution in [0, 0.1) is 0 Å². The Morgan fingerprint density at radius 2 is 2.24 bits per heavy atom. The van der Waals surface area contributed by atoms with Crippen molar-refractivity contribution in [2.75, 3.05) is 20.1 Å². The predicted molar refractivity (Wildman–Crippen MR) is 71.6 cm³/mol. The van der Waals surface area contributed by atoms with Crippen molar-refractivity contribution >= 4 is 11.6 Å². The molecule has 2 aliphatic rings. The minimum Gasteiger partial charge on any atom is -0.315 e. The molecule has 1 aromatic carbocycles. The van der Waals surface area contributed by atoms with Gasteiger partial charge in [-0.25, -0.2) is 0 Å². The highest BCUT2D eigenvalue weighted by Gasteiger charge is 2.31. The van der Waals surface area contributed by atoms with E-state index in [9.17, 15) is 0 Å². The maximum Gasteiger partial charge on any atom is 0.0408 e. The van der Waals surface area contributed by atoms with Crippen LogP contribution < -0.4 is 5.32 Å². The van der Waals surface area contributed by atoms with Crippen LogP contribution in [0.1, 0.15) is 30.0 Å². The SMILES string of the molecule is CN(C1CCNC1)C1CCc2cc(Cl)ccc21. The molecule has 1 aromatic rings. The Kier molecular flexibility index (Phi) is 3.12. The van der Waals surface area contributed by atoms with E-state index in [0.29, 0.717) is 12.1 Å². The van der Waals surface area contributed by atoms with Crippen LogP contribution >= 0.6 is 11.6 Å². The van der Waals surface area contributed by atoms with Gasteiger partial charge in [-0.3, -0.25) is 4.90 Å². The molecule has 0 radical (unpaired) electrons. The van der Waals surface area contributed by atoms with Crippen LogP contribution in [0.25, 0.3) is 0 Å². The second-order valence-electron chi connectivity index (χ2n) is 5.21. The highest BCUT2D eigenvalue weighted by molar-refractivity contribution is 6.30. The fourth-order valence-electron chi connectivity index (χ4n) is 3.23. The lowest BCUT2D eigenvalue weighted by Crippen LogP contribution is -2.35. The number of nitrogens with zero attached hydrogens (tertiary/aromatic N) is 1. The number of halogens is 1. The molecule has 0 saturated carbocycles. The lowest BCUT2D eigenvalue weighted by atomic mass is 10.1. The molecule has 1 fully saturated rings. The van der Waals surface area contributed by atoms with E-state index < -0.39 is 0 Å². The molecule has 0 bridgehead atoms. The smallest absolute Gasteiger partial charge is 0.0408 e. The Balaban J connectivity index is 1.82. The average Bonchev–Trinajstić information content (AvgIpc) is 2.96. The molecular formula is C14H19ClN2. The zero-order valence-corrected chi connectivity index (χ0v) is 11.0. The molecule has 1 saturated heterocycles. The molecular weight excluding hydrogens is 232 g/mol. The van der Waals surface area contributed by atoms with E-state index in [0.717, 1.165) is 18.1 Å². The van der Waals surface area contributed by atoms with Gasteiger partial charge in [0, 0.05) is 23.7 Å². The first-order valence-electron chi connectivity index (χ1n) is 6.46. The second kappa shape index (κ2) is 4.60. The molecule has 1 aliphatic heterocycles. The van der Waals surface area contributed by atoms with Gasteiger partial charge < -0.3 is 5.32 Å². The molecule has 3 heteroatoms. The van der Waals surface area contributed by atoms with Crippen molar-refractivity contribution in [3.8, 4) is 0 Å². The third-order valence-corrected chi connectivity index (χ3v) is 4.49.